The number of hydrogen-bond donors (Lipinski definition) is 1. The SMILES string of the molecule is CCC1CCC(N(C)c2ccnc(CNC(C)C)c2)CC1. The van der Waals surface area contributed by atoms with Crippen molar-refractivity contribution < 1.29 is 0 Å². The fourth-order valence-electron chi connectivity index (χ4n) is 3.24. The summed E-state index contributed by atoms with van der Waals surface area (Å²) in [6.07, 6.45) is 8.72. The lowest BCUT2D eigenvalue weighted by molar-refractivity contribution is 0.313. The molecule has 0 bridgehead atoms. The van der Waals surface area contributed by atoms with Gasteiger partial charge in [-0.3, -0.25) is 4.98 Å². The smallest absolute Gasteiger partial charge is 0.0562 e. The summed E-state index contributed by atoms with van der Waals surface area (Å²) in [6.45, 7) is 7.51. The molecule has 21 heavy (non-hydrogen) atoms. The molecule has 1 aliphatic carbocycles. The summed E-state index contributed by atoms with van der Waals surface area (Å²) in [6, 6.07) is 5.57. The lowest BCUT2D eigenvalue weighted by Crippen LogP contribution is -2.35. The number of pyridine rings is 1. The van der Waals surface area contributed by atoms with Crippen LogP contribution in [0.4, 0.5) is 5.69 Å². The summed E-state index contributed by atoms with van der Waals surface area (Å²) >= 11 is 0. The van der Waals surface area contributed by atoms with Crippen LogP contribution in [-0.4, -0.2) is 24.1 Å². The average molecular weight is 289 g/mol. The summed E-state index contributed by atoms with van der Waals surface area (Å²) in [5.74, 6) is 0.956. The van der Waals surface area contributed by atoms with Crippen LogP contribution in [0.15, 0.2) is 18.3 Å². The van der Waals surface area contributed by atoms with Gasteiger partial charge in [-0.25, -0.2) is 0 Å². The largest absolute Gasteiger partial charge is 0.372 e. The number of aromatic nitrogens is 1. The monoisotopic (exact) mass is 289 g/mol. The number of hydrogen-bond acceptors (Lipinski definition) is 3. The van der Waals surface area contributed by atoms with Crippen LogP contribution in [0.5, 0.6) is 0 Å². The van der Waals surface area contributed by atoms with Crippen molar-refractivity contribution in [1.29, 1.82) is 0 Å². The molecule has 0 aromatic carbocycles. The Labute approximate surface area is 130 Å². The minimum atomic E-state index is 0.498. The third-order valence-electron chi connectivity index (χ3n) is 4.84. The minimum absolute atomic E-state index is 0.498. The zero-order valence-corrected chi connectivity index (χ0v) is 14.1. The Morgan fingerprint density at radius 3 is 2.62 bits per heavy atom. The highest BCUT2D eigenvalue weighted by molar-refractivity contribution is 5.46. The quantitative estimate of drug-likeness (QED) is 0.858. The minimum Gasteiger partial charge on any atom is -0.372 e. The van der Waals surface area contributed by atoms with E-state index in [0.29, 0.717) is 12.1 Å². The highest BCUT2D eigenvalue weighted by Crippen LogP contribution is 2.31. The summed E-state index contributed by atoms with van der Waals surface area (Å²) in [5.41, 5.74) is 2.45. The maximum atomic E-state index is 4.48. The molecule has 2 rings (SSSR count). The number of anilines is 1. The van der Waals surface area contributed by atoms with E-state index >= 15 is 0 Å². The van der Waals surface area contributed by atoms with Gasteiger partial charge in [0.15, 0.2) is 0 Å². The maximum Gasteiger partial charge on any atom is 0.0562 e. The Kier molecular flexibility index (Phi) is 6.04. The molecule has 3 nitrogen and oxygen atoms in total. The molecule has 0 radical (unpaired) electrons. The van der Waals surface area contributed by atoms with Gasteiger partial charge in [0.2, 0.25) is 0 Å². The summed E-state index contributed by atoms with van der Waals surface area (Å²) in [4.78, 5) is 6.94. The van der Waals surface area contributed by atoms with Gasteiger partial charge >= 0.3 is 0 Å². The molecule has 1 aliphatic rings. The fourth-order valence-corrected chi connectivity index (χ4v) is 3.24. The molecular formula is C18H31N3. The van der Waals surface area contributed by atoms with Gasteiger partial charge in [-0.05, 0) is 43.7 Å². The zero-order valence-electron chi connectivity index (χ0n) is 14.1. The third-order valence-corrected chi connectivity index (χ3v) is 4.84. The zero-order chi connectivity index (χ0) is 15.2. The summed E-state index contributed by atoms with van der Waals surface area (Å²) in [5, 5.41) is 3.44. The lowest BCUT2D eigenvalue weighted by Gasteiger charge is -2.36. The van der Waals surface area contributed by atoms with Crippen molar-refractivity contribution in [2.75, 3.05) is 11.9 Å². The van der Waals surface area contributed by atoms with Gasteiger partial charge in [-0.2, -0.15) is 0 Å². The first kappa shape index (κ1) is 16.3. The number of nitrogens with zero attached hydrogens (tertiary/aromatic N) is 2. The van der Waals surface area contributed by atoms with Crippen LogP contribution in [0.25, 0.3) is 0 Å². The second kappa shape index (κ2) is 7.79. The normalized spacial score (nSPS) is 22.5. The van der Waals surface area contributed by atoms with Gasteiger partial charge in [-0.1, -0.05) is 27.2 Å². The van der Waals surface area contributed by atoms with Gasteiger partial charge in [0, 0.05) is 37.6 Å². The van der Waals surface area contributed by atoms with E-state index in [1.54, 1.807) is 0 Å². The Hall–Kier alpha value is -1.09. The average Bonchev–Trinajstić information content (AvgIpc) is 2.52. The molecule has 0 amide bonds. The predicted octanol–water partition coefficient (Wildman–Crippen LogP) is 3.98. The van der Waals surface area contributed by atoms with Crippen LogP contribution < -0.4 is 10.2 Å². The molecule has 1 aromatic heterocycles. The fraction of sp³-hybridized carbons (Fsp3) is 0.722. The van der Waals surface area contributed by atoms with E-state index in [4.69, 9.17) is 0 Å². The standard InChI is InChI=1S/C18H31N3/c1-5-15-6-8-17(9-7-15)21(4)18-10-11-19-16(12-18)13-20-14(2)3/h10-12,14-15,17,20H,5-9,13H2,1-4H3. The van der Waals surface area contributed by atoms with Crippen molar-refractivity contribution in [3.63, 3.8) is 0 Å². The highest BCUT2D eigenvalue weighted by Gasteiger charge is 2.23. The summed E-state index contributed by atoms with van der Waals surface area (Å²) < 4.78 is 0. The molecule has 0 atom stereocenters. The molecule has 1 saturated carbocycles. The summed E-state index contributed by atoms with van der Waals surface area (Å²) in [7, 11) is 2.24. The van der Waals surface area contributed by atoms with E-state index in [-0.39, 0.29) is 0 Å². The second-order valence-electron chi connectivity index (χ2n) is 6.73. The van der Waals surface area contributed by atoms with Crippen LogP contribution >= 0.6 is 0 Å². The molecule has 1 heterocycles. The van der Waals surface area contributed by atoms with Crippen molar-refractivity contribution in [2.45, 2.75) is 71.5 Å². The highest BCUT2D eigenvalue weighted by atomic mass is 15.1. The van der Waals surface area contributed by atoms with Gasteiger partial charge in [0.05, 0.1) is 5.69 Å². The molecule has 1 aromatic rings. The molecule has 1 N–H and O–H groups in total. The van der Waals surface area contributed by atoms with E-state index in [1.807, 2.05) is 6.20 Å². The number of rotatable bonds is 6. The van der Waals surface area contributed by atoms with Gasteiger partial charge < -0.3 is 10.2 Å². The lowest BCUT2D eigenvalue weighted by atomic mass is 9.84. The van der Waals surface area contributed by atoms with Crippen molar-refractivity contribution in [3.05, 3.63) is 24.0 Å². The Morgan fingerprint density at radius 1 is 1.29 bits per heavy atom. The molecule has 0 unspecified atom stereocenters. The van der Waals surface area contributed by atoms with E-state index in [9.17, 15) is 0 Å². The van der Waals surface area contributed by atoms with E-state index in [1.165, 1.54) is 37.8 Å². The molecule has 0 aliphatic heterocycles. The van der Waals surface area contributed by atoms with Gasteiger partial charge in [0.1, 0.15) is 0 Å². The van der Waals surface area contributed by atoms with E-state index in [2.05, 4.69) is 55.2 Å². The predicted molar refractivity (Wildman–Crippen MR) is 90.7 cm³/mol. The maximum absolute atomic E-state index is 4.48. The van der Waals surface area contributed by atoms with E-state index < -0.39 is 0 Å². The molecule has 3 heteroatoms. The van der Waals surface area contributed by atoms with Crippen molar-refractivity contribution in [2.24, 2.45) is 5.92 Å². The molecule has 0 spiro atoms. The van der Waals surface area contributed by atoms with Crippen LogP contribution in [0.2, 0.25) is 0 Å². The van der Waals surface area contributed by atoms with Crippen molar-refractivity contribution in [3.8, 4) is 0 Å². The first-order chi connectivity index (χ1) is 10.1. The molecule has 118 valence electrons. The van der Waals surface area contributed by atoms with Gasteiger partial charge in [0.25, 0.3) is 0 Å². The first-order valence-electron chi connectivity index (χ1n) is 8.51. The van der Waals surface area contributed by atoms with Crippen molar-refractivity contribution in [1.82, 2.24) is 10.3 Å². The van der Waals surface area contributed by atoms with Crippen LogP contribution in [0.1, 0.15) is 58.6 Å². The van der Waals surface area contributed by atoms with Crippen LogP contribution in [0.3, 0.4) is 0 Å². The van der Waals surface area contributed by atoms with Crippen LogP contribution in [-0.2, 0) is 6.54 Å². The van der Waals surface area contributed by atoms with E-state index in [0.717, 1.165) is 18.2 Å². The van der Waals surface area contributed by atoms with Gasteiger partial charge in [-0.15, -0.1) is 0 Å². The Morgan fingerprint density at radius 2 is 2.00 bits per heavy atom. The second-order valence-corrected chi connectivity index (χ2v) is 6.73. The number of nitrogens with one attached hydrogen (secondary N) is 1. The Bertz CT molecular complexity index is 422. The first-order valence-corrected chi connectivity index (χ1v) is 8.51. The molecular weight excluding hydrogens is 258 g/mol. The third kappa shape index (κ3) is 4.70. The topological polar surface area (TPSA) is 28.2 Å². The molecule has 1 fully saturated rings. The van der Waals surface area contributed by atoms with Crippen molar-refractivity contribution >= 4 is 5.69 Å². The van der Waals surface area contributed by atoms with Crippen LogP contribution in [0, 0.1) is 5.92 Å². The molecule has 0 saturated heterocycles. The Balaban J connectivity index is 1.95.